The van der Waals surface area contributed by atoms with Crippen LogP contribution in [0.2, 0.25) is 5.02 Å². The first-order chi connectivity index (χ1) is 19.8. The highest BCUT2D eigenvalue weighted by atomic mass is 35.5. The molecule has 0 bridgehead atoms. The van der Waals surface area contributed by atoms with Crippen molar-refractivity contribution in [3.63, 3.8) is 0 Å². The SMILES string of the molecule is Cc1cc2c(c(C=N)c1N)CN(CC(C)(C)C)C(=O)C(CC(=O)N1CCC(c3cc4ccc(Cl)cc4[nH]c3=O)CC1)C2. The van der Waals surface area contributed by atoms with E-state index in [9.17, 15) is 14.4 Å². The Morgan fingerprint density at radius 3 is 2.55 bits per heavy atom. The van der Waals surface area contributed by atoms with Crippen LogP contribution >= 0.6 is 11.6 Å². The molecule has 3 heterocycles. The van der Waals surface area contributed by atoms with Gasteiger partial charge in [-0.25, -0.2) is 0 Å². The van der Waals surface area contributed by atoms with Gasteiger partial charge < -0.3 is 25.9 Å². The number of amides is 2. The fourth-order valence-electron chi connectivity index (χ4n) is 6.53. The highest BCUT2D eigenvalue weighted by Gasteiger charge is 2.36. The van der Waals surface area contributed by atoms with Crippen LogP contribution in [-0.2, 0) is 22.6 Å². The molecule has 3 aromatic rings. The van der Waals surface area contributed by atoms with Crippen LogP contribution < -0.4 is 11.3 Å². The molecule has 1 atom stereocenters. The summed E-state index contributed by atoms with van der Waals surface area (Å²) in [7, 11) is 0. The van der Waals surface area contributed by atoms with E-state index in [-0.39, 0.29) is 35.1 Å². The van der Waals surface area contributed by atoms with Gasteiger partial charge in [0.25, 0.3) is 5.56 Å². The van der Waals surface area contributed by atoms with Crippen LogP contribution in [0, 0.1) is 23.7 Å². The van der Waals surface area contributed by atoms with E-state index in [0.717, 1.165) is 27.6 Å². The lowest BCUT2D eigenvalue weighted by Gasteiger charge is -2.34. The largest absolute Gasteiger partial charge is 0.398 e. The van der Waals surface area contributed by atoms with Crippen LogP contribution in [0.5, 0.6) is 0 Å². The summed E-state index contributed by atoms with van der Waals surface area (Å²) < 4.78 is 0. The van der Waals surface area contributed by atoms with Crippen molar-refractivity contribution in [2.45, 2.75) is 65.8 Å². The zero-order valence-electron chi connectivity index (χ0n) is 24.9. The second-order valence-corrected chi connectivity index (χ2v) is 13.5. The number of nitrogens with one attached hydrogen (secondary N) is 2. The zero-order chi connectivity index (χ0) is 30.3. The van der Waals surface area contributed by atoms with E-state index in [1.807, 2.05) is 41.0 Å². The fraction of sp³-hybridized carbons (Fsp3) is 0.455. The monoisotopic (exact) mass is 589 g/mol. The number of aromatic nitrogens is 1. The first kappa shape index (κ1) is 29.8. The maximum atomic E-state index is 13.9. The lowest BCUT2D eigenvalue weighted by Crippen LogP contribution is -2.43. The molecule has 1 unspecified atom stereocenters. The third kappa shape index (κ3) is 6.09. The number of pyridine rings is 1. The van der Waals surface area contributed by atoms with Gasteiger partial charge in [0, 0.05) is 66.2 Å². The van der Waals surface area contributed by atoms with E-state index in [0.29, 0.717) is 67.2 Å². The summed E-state index contributed by atoms with van der Waals surface area (Å²) >= 11 is 6.08. The molecule has 5 rings (SSSR count). The molecule has 0 spiro atoms. The van der Waals surface area contributed by atoms with Crippen molar-refractivity contribution in [3.05, 3.63) is 73.5 Å². The summed E-state index contributed by atoms with van der Waals surface area (Å²) in [4.78, 5) is 47.0. The lowest BCUT2D eigenvalue weighted by atomic mass is 9.88. The van der Waals surface area contributed by atoms with Crippen LogP contribution in [-0.4, -0.2) is 52.4 Å². The molecular formula is C33H40ClN5O3. The molecule has 1 fully saturated rings. The second kappa shape index (κ2) is 11.6. The summed E-state index contributed by atoms with van der Waals surface area (Å²) in [6, 6.07) is 9.42. The second-order valence-electron chi connectivity index (χ2n) is 13.1. The number of nitrogens with zero attached hydrogens (tertiary/aromatic N) is 2. The summed E-state index contributed by atoms with van der Waals surface area (Å²) in [6.45, 7) is 10.2. The number of rotatable bonds is 5. The number of nitrogen functional groups attached to an aromatic ring is 1. The van der Waals surface area contributed by atoms with Crippen LogP contribution in [0.25, 0.3) is 10.9 Å². The number of anilines is 1. The van der Waals surface area contributed by atoms with E-state index >= 15 is 0 Å². The van der Waals surface area contributed by atoms with E-state index in [4.69, 9.17) is 22.7 Å². The summed E-state index contributed by atoms with van der Waals surface area (Å²) in [6.07, 6.45) is 3.23. The Kier molecular flexibility index (Phi) is 8.21. The molecule has 1 saturated heterocycles. The van der Waals surface area contributed by atoms with Crippen LogP contribution in [0.4, 0.5) is 5.69 Å². The Morgan fingerprint density at radius 2 is 1.88 bits per heavy atom. The minimum absolute atomic E-state index is 0.0284. The lowest BCUT2D eigenvalue weighted by molar-refractivity contribution is -0.142. The number of hydrogen-bond donors (Lipinski definition) is 3. The number of hydrogen-bond acceptors (Lipinski definition) is 5. The van der Waals surface area contributed by atoms with Crippen molar-refractivity contribution >= 4 is 46.2 Å². The molecule has 0 radical (unpaired) electrons. The number of piperidine rings is 1. The molecule has 222 valence electrons. The molecule has 2 amide bonds. The van der Waals surface area contributed by atoms with Crippen molar-refractivity contribution in [2.75, 3.05) is 25.4 Å². The smallest absolute Gasteiger partial charge is 0.251 e. The molecule has 42 heavy (non-hydrogen) atoms. The van der Waals surface area contributed by atoms with Crippen LogP contribution in [0.15, 0.2) is 35.1 Å². The maximum absolute atomic E-state index is 13.9. The summed E-state index contributed by atoms with van der Waals surface area (Å²) in [5.74, 6) is -0.498. The minimum atomic E-state index is -0.490. The Morgan fingerprint density at radius 1 is 1.17 bits per heavy atom. The third-order valence-electron chi connectivity index (χ3n) is 8.65. The average molecular weight is 590 g/mol. The van der Waals surface area contributed by atoms with Gasteiger partial charge in [-0.2, -0.15) is 0 Å². The number of benzene rings is 2. The zero-order valence-corrected chi connectivity index (χ0v) is 25.6. The standard InChI is InChI=1S/C33H40ClN5O3/c1-19-11-22-12-23(32(42)39(18-33(2,3)4)17-27(22)26(16-35)30(19)36)14-29(40)38-9-7-20(8-10-38)25-13-21-5-6-24(34)15-28(21)37-31(25)41/h5-6,11,13,15-16,20,23,35H,7-10,12,14,17-18,36H2,1-4H3,(H,37,41). The molecule has 0 aliphatic carbocycles. The maximum Gasteiger partial charge on any atom is 0.251 e. The van der Waals surface area contributed by atoms with E-state index in [1.165, 1.54) is 6.21 Å². The third-order valence-corrected chi connectivity index (χ3v) is 8.88. The van der Waals surface area contributed by atoms with Gasteiger partial charge in [-0.15, -0.1) is 0 Å². The Hall–Kier alpha value is -3.65. The number of carbonyl (C=O) groups is 2. The van der Waals surface area contributed by atoms with E-state index < -0.39 is 5.92 Å². The number of halogens is 1. The van der Waals surface area contributed by atoms with E-state index in [1.54, 1.807) is 6.07 Å². The number of aromatic amines is 1. The predicted molar refractivity (Wildman–Crippen MR) is 168 cm³/mol. The first-order valence-electron chi connectivity index (χ1n) is 14.6. The van der Waals surface area contributed by atoms with Gasteiger partial charge in [0.05, 0.1) is 5.92 Å². The topological polar surface area (TPSA) is 123 Å². The summed E-state index contributed by atoms with van der Waals surface area (Å²) in [5.41, 5.74) is 11.5. The number of H-pyrrole nitrogens is 1. The van der Waals surface area contributed by atoms with Gasteiger partial charge >= 0.3 is 0 Å². The van der Waals surface area contributed by atoms with Crippen molar-refractivity contribution < 1.29 is 9.59 Å². The number of carbonyl (C=O) groups excluding carboxylic acids is 2. The molecule has 2 aliphatic heterocycles. The van der Waals surface area contributed by atoms with Gasteiger partial charge in [-0.1, -0.05) is 44.5 Å². The normalized spacial score (nSPS) is 18.2. The molecule has 2 aliphatic rings. The Bertz CT molecular complexity index is 1610. The predicted octanol–water partition coefficient (Wildman–Crippen LogP) is 5.41. The molecule has 1 aromatic heterocycles. The number of aryl methyl sites for hydroxylation is 1. The molecule has 9 heteroatoms. The Balaban J connectivity index is 1.33. The number of nitrogens with two attached hydrogens (primary N) is 1. The quantitative estimate of drug-likeness (QED) is 0.272. The van der Waals surface area contributed by atoms with Crippen molar-refractivity contribution in [3.8, 4) is 0 Å². The fourth-order valence-corrected chi connectivity index (χ4v) is 6.70. The van der Waals surface area contributed by atoms with Crippen LogP contribution in [0.3, 0.4) is 0 Å². The van der Waals surface area contributed by atoms with Gasteiger partial charge in [0.2, 0.25) is 11.8 Å². The minimum Gasteiger partial charge on any atom is -0.398 e. The van der Waals surface area contributed by atoms with Crippen molar-refractivity contribution in [2.24, 2.45) is 11.3 Å². The first-order valence-corrected chi connectivity index (χ1v) is 15.0. The van der Waals surface area contributed by atoms with Gasteiger partial charge in [-0.3, -0.25) is 14.4 Å². The molecule has 4 N–H and O–H groups in total. The highest BCUT2D eigenvalue weighted by molar-refractivity contribution is 6.31. The number of likely N-dealkylation sites (tertiary alicyclic amines) is 1. The molecule has 0 saturated carbocycles. The van der Waals surface area contributed by atoms with Crippen molar-refractivity contribution in [1.82, 2.24) is 14.8 Å². The van der Waals surface area contributed by atoms with Crippen molar-refractivity contribution in [1.29, 1.82) is 5.41 Å². The van der Waals surface area contributed by atoms with Gasteiger partial charge in [0.15, 0.2) is 0 Å². The molecular weight excluding hydrogens is 550 g/mol. The van der Waals surface area contributed by atoms with Crippen LogP contribution in [0.1, 0.15) is 73.8 Å². The molecule has 2 aromatic carbocycles. The molecule has 8 nitrogen and oxygen atoms in total. The average Bonchev–Trinajstić information content (AvgIpc) is 3.04. The highest BCUT2D eigenvalue weighted by Crippen LogP contribution is 2.34. The van der Waals surface area contributed by atoms with Gasteiger partial charge in [-0.05, 0) is 77.8 Å². The van der Waals surface area contributed by atoms with Gasteiger partial charge in [0.1, 0.15) is 0 Å². The number of fused-ring (bicyclic) bond motifs is 2. The van der Waals surface area contributed by atoms with E-state index in [2.05, 4.69) is 25.8 Å². The Labute approximate surface area is 251 Å². The summed E-state index contributed by atoms with van der Waals surface area (Å²) in [5, 5.41) is 9.54.